The molecule has 0 spiro atoms. The predicted octanol–water partition coefficient (Wildman–Crippen LogP) is 1.88. The fraction of sp³-hybridized carbons (Fsp3) is 0.769. The van der Waals surface area contributed by atoms with Gasteiger partial charge < -0.3 is 9.47 Å². The largest absolute Gasteiger partial charge is 0.461 e. The molecule has 1 atom stereocenters. The summed E-state index contributed by atoms with van der Waals surface area (Å²) in [6.45, 7) is 8.42. The Morgan fingerprint density at radius 3 is 2.22 bits per heavy atom. The summed E-state index contributed by atoms with van der Waals surface area (Å²) in [5, 5.41) is 0. The molecule has 0 rings (SSSR count). The van der Waals surface area contributed by atoms with Crippen LogP contribution in [0.5, 0.6) is 0 Å². The normalized spacial score (nSPS) is 12.7. The van der Waals surface area contributed by atoms with Crippen molar-refractivity contribution in [2.75, 3.05) is 6.61 Å². The Morgan fingerprint density at radius 1 is 1.22 bits per heavy atom. The zero-order chi connectivity index (χ0) is 14.3. The first-order valence-electron chi connectivity index (χ1n) is 6.05. The minimum Gasteiger partial charge on any atom is -0.461 e. The van der Waals surface area contributed by atoms with E-state index in [1.165, 1.54) is 6.92 Å². The molecule has 0 aromatic heterocycles. The van der Waals surface area contributed by atoms with Gasteiger partial charge in [-0.05, 0) is 34.1 Å². The van der Waals surface area contributed by atoms with Crippen molar-refractivity contribution >= 4 is 17.7 Å². The summed E-state index contributed by atoms with van der Waals surface area (Å²) in [5.74, 6) is -1.17. The highest BCUT2D eigenvalue weighted by atomic mass is 16.6. The fourth-order valence-electron chi connectivity index (χ4n) is 0.985. The molecule has 0 aliphatic carbocycles. The second-order valence-electron chi connectivity index (χ2n) is 5.02. The van der Waals surface area contributed by atoms with E-state index in [-0.39, 0.29) is 24.8 Å². The minimum absolute atomic E-state index is 0.0301. The lowest BCUT2D eigenvalue weighted by atomic mass is 9.91. The van der Waals surface area contributed by atoms with E-state index in [0.717, 1.165) is 0 Å². The molecule has 0 saturated carbocycles. The molecule has 1 unspecified atom stereocenters. The summed E-state index contributed by atoms with van der Waals surface area (Å²) in [6.07, 6.45) is -0.0942. The van der Waals surface area contributed by atoms with Crippen LogP contribution in [0.4, 0.5) is 0 Å². The molecule has 0 aliphatic heterocycles. The molecule has 0 radical (unpaired) electrons. The van der Waals surface area contributed by atoms with E-state index >= 15 is 0 Å². The first kappa shape index (κ1) is 16.6. The van der Waals surface area contributed by atoms with Gasteiger partial charge in [-0.25, -0.2) is 0 Å². The molecule has 104 valence electrons. The molecule has 0 N–H and O–H groups in total. The molecule has 0 saturated heterocycles. The van der Waals surface area contributed by atoms with Crippen molar-refractivity contribution in [1.82, 2.24) is 0 Å². The van der Waals surface area contributed by atoms with Crippen LogP contribution in [0.1, 0.15) is 47.5 Å². The van der Waals surface area contributed by atoms with Crippen LogP contribution in [0.3, 0.4) is 0 Å². The summed E-state index contributed by atoms with van der Waals surface area (Å²) in [4.78, 5) is 33.5. The Bertz CT molecular complexity index is 319. The van der Waals surface area contributed by atoms with Crippen molar-refractivity contribution in [3.05, 3.63) is 0 Å². The molecule has 18 heavy (non-hydrogen) atoms. The average Bonchev–Trinajstić information content (AvgIpc) is 2.25. The fourth-order valence-corrected chi connectivity index (χ4v) is 0.985. The lowest BCUT2D eigenvalue weighted by Gasteiger charge is -2.23. The highest BCUT2D eigenvalue weighted by Crippen LogP contribution is 2.22. The first-order valence-corrected chi connectivity index (χ1v) is 6.05. The van der Waals surface area contributed by atoms with Gasteiger partial charge in [-0.15, -0.1) is 0 Å². The van der Waals surface area contributed by atoms with Gasteiger partial charge in [-0.3, -0.25) is 14.4 Å². The summed E-state index contributed by atoms with van der Waals surface area (Å²) in [7, 11) is 0. The van der Waals surface area contributed by atoms with Crippen LogP contribution in [0.2, 0.25) is 0 Å². The highest BCUT2D eigenvalue weighted by Gasteiger charge is 2.28. The van der Waals surface area contributed by atoms with Crippen LogP contribution in [-0.4, -0.2) is 30.4 Å². The second-order valence-corrected chi connectivity index (χ2v) is 5.02. The number of hydrogen-bond acceptors (Lipinski definition) is 5. The van der Waals surface area contributed by atoms with Crippen molar-refractivity contribution in [3.63, 3.8) is 0 Å². The predicted molar refractivity (Wildman–Crippen MR) is 65.9 cm³/mol. The Labute approximate surface area is 108 Å². The van der Waals surface area contributed by atoms with Crippen molar-refractivity contribution in [2.45, 2.75) is 53.6 Å². The van der Waals surface area contributed by atoms with Gasteiger partial charge in [-0.2, -0.15) is 0 Å². The Morgan fingerprint density at radius 2 is 1.78 bits per heavy atom. The van der Waals surface area contributed by atoms with Crippen molar-refractivity contribution in [2.24, 2.45) is 5.41 Å². The summed E-state index contributed by atoms with van der Waals surface area (Å²) in [5.41, 5.74) is -0.544. The molecule has 0 heterocycles. The number of ketones is 1. The molecule has 0 fully saturated rings. The van der Waals surface area contributed by atoms with Crippen LogP contribution in [0, 0.1) is 5.41 Å². The van der Waals surface area contributed by atoms with Crippen LogP contribution in [0.15, 0.2) is 0 Å². The van der Waals surface area contributed by atoms with Gasteiger partial charge in [0.15, 0.2) is 0 Å². The van der Waals surface area contributed by atoms with Crippen molar-refractivity contribution < 1.29 is 23.9 Å². The van der Waals surface area contributed by atoms with Crippen LogP contribution < -0.4 is 0 Å². The highest BCUT2D eigenvalue weighted by molar-refractivity contribution is 5.94. The summed E-state index contributed by atoms with van der Waals surface area (Å²) >= 11 is 0. The van der Waals surface area contributed by atoms with Crippen molar-refractivity contribution in [1.29, 1.82) is 0 Å². The molecule has 0 bridgehead atoms. The number of carbonyl (C=O) groups is 3. The second kappa shape index (κ2) is 7.13. The van der Waals surface area contributed by atoms with E-state index in [1.807, 2.05) is 6.92 Å². The molecule has 5 nitrogen and oxygen atoms in total. The summed E-state index contributed by atoms with van der Waals surface area (Å²) < 4.78 is 9.99. The number of esters is 2. The number of rotatable bonds is 7. The lowest BCUT2D eigenvalue weighted by Crippen LogP contribution is -2.31. The molecule has 0 amide bonds. The monoisotopic (exact) mass is 258 g/mol. The molecule has 5 heteroatoms. The van der Waals surface area contributed by atoms with Gasteiger partial charge in [0.25, 0.3) is 0 Å². The maximum atomic E-state index is 11.7. The van der Waals surface area contributed by atoms with Gasteiger partial charge in [0.1, 0.15) is 24.9 Å². The van der Waals surface area contributed by atoms with E-state index in [2.05, 4.69) is 0 Å². The zero-order valence-electron chi connectivity index (χ0n) is 11.7. The van der Waals surface area contributed by atoms with Gasteiger partial charge >= 0.3 is 11.9 Å². The maximum Gasteiger partial charge on any atom is 0.313 e. The minimum atomic E-state index is -0.597. The average molecular weight is 258 g/mol. The smallest absolute Gasteiger partial charge is 0.313 e. The molecular weight excluding hydrogens is 236 g/mol. The van der Waals surface area contributed by atoms with Crippen LogP contribution >= 0.6 is 0 Å². The van der Waals surface area contributed by atoms with Crippen LogP contribution in [0.25, 0.3) is 0 Å². The Balaban J connectivity index is 4.05. The van der Waals surface area contributed by atoms with Gasteiger partial charge in [-0.1, -0.05) is 6.92 Å². The third-order valence-corrected chi connectivity index (χ3v) is 2.62. The third kappa shape index (κ3) is 6.37. The van der Waals surface area contributed by atoms with Gasteiger partial charge in [0.05, 0.1) is 5.41 Å². The summed E-state index contributed by atoms with van der Waals surface area (Å²) in [6, 6.07) is 0. The number of hydrogen-bond donors (Lipinski definition) is 0. The lowest BCUT2D eigenvalue weighted by molar-refractivity contribution is -0.165. The van der Waals surface area contributed by atoms with E-state index in [4.69, 9.17) is 9.47 Å². The molecular formula is C13H22O5. The molecule has 0 aromatic rings. The van der Waals surface area contributed by atoms with E-state index in [0.29, 0.717) is 6.42 Å². The zero-order valence-corrected chi connectivity index (χ0v) is 11.7. The van der Waals surface area contributed by atoms with E-state index in [9.17, 15) is 14.4 Å². The third-order valence-electron chi connectivity index (χ3n) is 2.62. The Kier molecular flexibility index (Phi) is 6.58. The molecule has 0 aromatic carbocycles. The van der Waals surface area contributed by atoms with Crippen LogP contribution in [-0.2, 0) is 23.9 Å². The molecule has 0 aliphatic rings. The Hall–Kier alpha value is -1.39. The number of Topliss-reactive ketones (excluding diaryl/α,β-unsaturated/α-hetero) is 1. The van der Waals surface area contributed by atoms with Gasteiger partial charge in [0, 0.05) is 0 Å². The number of ether oxygens (including phenoxy) is 2. The van der Waals surface area contributed by atoms with E-state index < -0.39 is 17.5 Å². The standard InChI is InChI=1S/C13H22O5/c1-6-13(4,5)12(16)18-10(3)8-17-11(15)7-9(2)14/h10H,6-8H2,1-5H3. The number of carbonyl (C=O) groups excluding carboxylic acids is 3. The maximum absolute atomic E-state index is 11.7. The van der Waals surface area contributed by atoms with Crippen molar-refractivity contribution in [3.8, 4) is 0 Å². The van der Waals surface area contributed by atoms with Gasteiger partial charge in [0.2, 0.25) is 0 Å². The first-order chi connectivity index (χ1) is 8.19. The SMILES string of the molecule is CCC(C)(C)C(=O)OC(C)COC(=O)CC(C)=O. The quantitative estimate of drug-likeness (QED) is 0.515. The topological polar surface area (TPSA) is 69.7 Å². The van der Waals surface area contributed by atoms with E-state index in [1.54, 1.807) is 20.8 Å².